The normalized spacial score (nSPS) is 15.6. The van der Waals surface area contributed by atoms with Crippen molar-refractivity contribution in [3.05, 3.63) is 59.3 Å². The highest BCUT2D eigenvalue weighted by Crippen LogP contribution is 2.35. The number of benzene rings is 2. The maximum absolute atomic E-state index is 12.6. The van der Waals surface area contributed by atoms with Crippen molar-refractivity contribution in [2.75, 3.05) is 32.1 Å². The molecule has 0 saturated carbocycles. The number of carbonyl (C=O) groups is 1. The molecule has 1 aromatic heterocycles. The van der Waals surface area contributed by atoms with E-state index in [1.54, 1.807) is 7.11 Å². The highest BCUT2D eigenvalue weighted by Gasteiger charge is 2.25. The zero-order valence-electron chi connectivity index (χ0n) is 17.4. The topological polar surface area (TPSA) is 57.4 Å². The Morgan fingerprint density at radius 2 is 1.93 bits per heavy atom. The molecule has 4 rings (SSSR count). The molecule has 1 fully saturated rings. The summed E-state index contributed by atoms with van der Waals surface area (Å²) in [6.45, 7) is 6.46. The summed E-state index contributed by atoms with van der Waals surface area (Å²) in [6, 6.07) is 14.4. The molecule has 2 aromatic carbocycles. The largest absolute Gasteiger partial charge is 0.495 e. The summed E-state index contributed by atoms with van der Waals surface area (Å²) in [7, 11) is 1.62. The molecular weight excluding hydrogens is 362 g/mol. The quantitative estimate of drug-likeness (QED) is 0.668. The number of ether oxygens (including phenoxy) is 1. The highest BCUT2D eigenvalue weighted by atomic mass is 16.5. The first kappa shape index (κ1) is 19.5. The Hall–Kier alpha value is -2.79. The summed E-state index contributed by atoms with van der Waals surface area (Å²) in [5.74, 6) is 1.25. The van der Waals surface area contributed by atoms with Crippen molar-refractivity contribution in [1.82, 2.24) is 9.88 Å². The summed E-state index contributed by atoms with van der Waals surface area (Å²) >= 11 is 0. The van der Waals surface area contributed by atoms with Gasteiger partial charge in [0.1, 0.15) is 5.75 Å². The Morgan fingerprint density at radius 3 is 2.69 bits per heavy atom. The van der Waals surface area contributed by atoms with E-state index in [1.807, 2.05) is 25.1 Å². The van der Waals surface area contributed by atoms with Gasteiger partial charge in [-0.05, 0) is 75.0 Å². The number of nitrogens with one attached hydrogen (secondary N) is 2. The van der Waals surface area contributed by atoms with Crippen LogP contribution in [0.4, 0.5) is 5.69 Å². The number of methoxy groups -OCH3 is 1. The van der Waals surface area contributed by atoms with Crippen LogP contribution in [0.15, 0.2) is 42.5 Å². The fourth-order valence-electron chi connectivity index (χ4n) is 4.52. The molecule has 2 N–H and O–H groups in total. The summed E-state index contributed by atoms with van der Waals surface area (Å²) in [5.41, 5.74) is 5.77. The molecule has 1 aliphatic rings. The van der Waals surface area contributed by atoms with Crippen LogP contribution in [0.5, 0.6) is 5.75 Å². The highest BCUT2D eigenvalue weighted by molar-refractivity contribution is 5.93. The lowest BCUT2D eigenvalue weighted by Crippen LogP contribution is -2.38. The zero-order chi connectivity index (χ0) is 20.4. The predicted molar refractivity (Wildman–Crippen MR) is 118 cm³/mol. The number of carbonyl (C=O) groups excluding carboxylic acids is 1. The Morgan fingerprint density at radius 1 is 1.17 bits per heavy atom. The van der Waals surface area contributed by atoms with Crippen molar-refractivity contribution in [2.24, 2.45) is 0 Å². The van der Waals surface area contributed by atoms with Gasteiger partial charge in [0.25, 0.3) is 0 Å². The van der Waals surface area contributed by atoms with E-state index in [0.717, 1.165) is 37.2 Å². The molecule has 2 heterocycles. The lowest BCUT2D eigenvalue weighted by molar-refractivity contribution is -0.117. The fraction of sp³-hybridized carbons (Fsp3) is 0.375. The van der Waals surface area contributed by atoms with Crippen LogP contribution in [0.25, 0.3) is 10.9 Å². The molecule has 1 saturated heterocycles. The number of hydrogen-bond acceptors (Lipinski definition) is 3. The molecule has 152 valence electrons. The van der Waals surface area contributed by atoms with Crippen LogP contribution >= 0.6 is 0 Å². The van der Waals surface area contributed by atoms with Crippen molar-refractivity contribution in [1.29, 1.82) is 0 Å². The van der Waals surface area contributed by atoms with Crippen molar-refractivity contribution in [3.8, 4) is 5.75 Å². The van der Waals surface area contributed by atoms with Gasteiger partial charge in [-0.25, -0.2) is 0 Å². The molecule has 5 nitrogen and oxygen atoms in total. The van der Waals surface area contributed by atoms with Gasteiger partial charge in [-0.1, -0.05) is 24.3 Å². The summed E-state index contributed by atoms with van der Waals surface area (Å²) in [5, 5.41) is 4.35. The Kier molecular flexibility index (Phi) is 5.58. The number of para-hydroxylation sites is 1. The Labute approximate surface area is 172 Å². The van der Waals surface area contributed by atoms with Gasteiger partial charge >= 0.3 is 0 Å². The van der Waals surface area contributed by atoms with Crippen LogP contribution < -0.4 is 10.1 Å². The number of hydrogen-bond donors (Lipinski definition) is 2. The number of aryl methyl sites for hydroxylation is 2. The van der Waals surface area contributed by atoms with E-state index < -0.39 is 0 Å². The van der Waals surface area contributed by atoms with E-state index in [-0.39, 0.29) is 5.91 Å². The molecule has 1 amide bonds. The number of amides is 1. The average molecular weight is 392 g/mol. The number of aromatic nitrogens is 1. The standard InChI is InChI=1S/C24H29N3O2/c1-16-8-9-22(29-3)21(14-16)26-23(28)15-27-12-10-18(11-13-27)24-17(2)25-20-7-5-4-6-19(20)24/h4-9,14,18,25H,10-13,15H2,1-3H3,(H,26,28). The van der Waals surface area contributed by atoms with Crippen molar-refractivity contribution in [2.45, 2.75) is 32.6 Å². The molecule has 0 aliphatic carbocycles. The van der Waals surface area contributed by atoms with Crippen molar-refractivity contribution in [3.63, 3.8) is 0 Å². The smallest absolute Gasteiger partial charge is 0.238 e. The minimum absolute atomic E-state index is 0.00984. The SMILES string of the molecule is COc1ccc(C)cc1NC(=O)CN1CCC(c2c(C)[nH]c3ccccc23)CC1. The number of aromatic amines is 1. The molecule has 0 unspecified atom stereocenters. The van der Waals surface area contributed by atoms with Gasteiger partial charge in [0.05, 0.1) is 19.3 Å². The van der Waals surface area contributed by atoms with E-state index in [2.05, 4.69) is 46.4 Å². The molecule has 29 heavy (non-hydrogen) atoms. The monoisotopic (exact) mass is 391 g/mol. The number of nitrogens with zero attached hydrogens (tertiary/aromatic N) is 1. The maximum atomic E-state index is 12.6. The number of fused-ring (bicyclic) bond motifs is 1. The van der Waals surface area contributed by atoms with Gasteiger partial charge in [0.15, 0.2) is 0 Å². The third-order valence-electron chi connectivity index (χ3n) is 5.94. The number of likely N-dealkylation sites (tertiary alicyclic amines) is 1. The van der Waals surface area contributed by atoms with Gasteiger partial charge in [0.2, 0.25) is 5.91 Å². The second-order valence-electron chi connectivity index (χ2n) is 8.01. The van der Waals surface area contributed by atoms with Crippen LogP contribution in [0.1, 0.15) is 35.6 Å². The minimum Gasteiger partial charge on any atom is -0.495 e. The van der Waals surface area contributed by atoms with Crippen LogP contribution in [0.2, 0.25) is 0 Å². The van der Waals surface area contributed by atoms with Crippen molar-refractivity contribution < 1.29 is 9.53 Å². The predicted octanol–water partition coefficient (Wildman–Crippen LogP) is 4.61. The van der Waals surface area contributed by atoms with E-state index in [4.69, 9.17) is 4.74 Å². The number of anilines is 1. The third-order valence-corrected chi connectivity index (χ3v) is 5.94. The third kappa shape index (κ3) is 4.15. The minimum atomic E-state index is 0.00984. The number of piperidine rings is 1. The van der Waals surface area contributed by atoms with E-state index in [0.29, 0.717) is 18.2 Å². The van der Waals surface area contributed by atoms with Crippen LogP contribution in [-0.4, -0.2) is 42.5 Å². The maximum Gasteiger partial charge on any atom is 0.238 e. The molecule has 0 spiro atoms. The Bertz CT molecular complexity index is 1020. The fourth-order valence-corrected chi connectivity index (χ4v) is 4.52. The van der Waals surface area contributed by atoms with Crippen molar-refractivity contribution >= 4 is 22.5 Å². The first-order chi connectivity index (χ1) is 14.0. The van der Waals surface area contributed by atoms with Gasteiger partial charge < -0.3 is 15.0 Å². The average Bonchev–Trinajstić information content (AvgIpc) is 3.04. The number of H-pyrrole nitrogens is 1. The summed E-state index contributed by atoms with van der Waals surface area (Å²) < 4.78 is 5.36. The molecule has 5 heteroatoms. The first-order valence-corrected chi connectivity index (χ1v) is 10.3. The molecule has 0 atom stereocenters. The zero-order valence-corrected chi connectivity index (χ0v) is 17.4. The molecule has 0 bridgehead atoms. The lowest BCUT2D eigenvalue weighted by atomic mass is 9.87. The Balaban J connectivity index is 1.37. The number of rotatable bonds is 5. The lowest BCUT2D eigenvalue weighted by Gasteiger charge is -2.32. The van der Waals surface area contributed by atoms with Crippen LogP contribution in [0.3, 0.4) is 0 Å². The summed E-state index contributed by atoms with van der Waals surface area (Å²) in [6.07, 6.45) is 2.15. The van der Waals surface area contributed by atoms with Gasteiger partial charge in [0, 0.05) is 16.6 Å². The van der Waals surface area contributed by atoms with Gasteiger partial charge in [-0.3, -0.25) is 9.69 Å². The van der Waals surface area contributed by atoms with Crippen LogP contribution in [0, 0.1) is 13.8 Å². The first-order valence-electron chi connectivity index (χ1n) is 10.3. The summed E-state index contributed by atoms with van der Waals surface area (Å²) in [4.78, 5) is 18.4. The van der Waals surface area contributed by atoms with Gasteiger partial charge in [-0.15, -0.1) is 0 Å². The van der Waals surface area contributed by atoms with E-state index >= 15 is 0 Å². The molecule has 1 aliphatic heterocycles. The van der Waals surface area contributed by atoms with Crippen LogP contribution in [-0.2, 0) is 4.79 Å². The van der Waals surface area contributed by atoms with Gasteiger partial charge in [-0.2, -0.15) is 0 Å². The second-order valence-corrected chi connectivity index (χ2v) is 8.01. The molecule has 0 radical (unpaired) electrons. The molecule has 3 aromatic rings. The molecular formula is C24H29N3O2. The van der Waals surface area contributed by atoms with E-state index in [9.17, 15) is 4.79 Å². The second kappa shape index (κ2) is 8.29. The van der Waals surface area contributed by atoms with E-state index in [1.165, 1.54) is 22.2 Å².